The second kappa shape index (κ2) is 43.1. The summed E-state index contributed by atoms with van der Waals surface area (Å²) in [6.45, 7) is 36.5. The van der Waals surface area contributed by atoms with Gasteiger partial charge < -0.3 is 128 Å². The third kappa shape index (κ3) is 25.1. The van der Waals surface area contributed by atoms with Gasteiger partial charge in [0.2, 0.25) is 0 Å². The molecule has 0 bridgehead atoms. The number of halogens is 1. The zero-order valence-electron chi connectivity index (χ0n) is 76.3. The number of ether oxygens (including phenoxy) is 12. The average Bonchev–Trinajstić information content (AvgIpc) is 1.76. The molecule has 6 fully saturated rings. The topological polar surface area (TPSA) is 455 Å². The Morgan fingerprint density at radius 1 is 0.628 bits per heavy atom. The van der Waals surface area contributed by atoms with Crippen LogP contribution in [0.5, 0.6) is 0 Å². The van der Waals surface area contributed by atoms with Gasteiger partial charge in [0.25, 0.3) is 5.69 Å². The minimum atomic E-state index is -1.86. The van der Waals surface area contributed by atoms with E-state index in [1.807, 2.05) is 70.5 Å². The highest BCUT2D eigenvalue weighted by Gasteiger charge is 2.57. The molecule has 0 unspecified atom stereocenters. The van der Waals surface area contributed by atoms with E-state index in [0.717, 1.165) is 6.07 Å². The van der Waals surface area contributed by atoms with E-state index in [0.29, 0.717) is 44.7 Å². The fraction of sp³-hybridized carbons (Fsp3) is 0.882. The summed E-state index contributed by atoms with van der Waals surface area (Å²) in [6, 6.07) is 1.38. The largest absolute Gasteiger partial charge is 0.459 e. The molecule has 6 aliphatic heterocycles. The molecule has 0 saturated carbocycles. The summed E-state index contributed by atoms with van der Waals surface area (Å²) in [5.41, 5.74) is -8.77. The van der Waals surface area contributed by atoms with Gasteiger partial charge in [-0.2, -0.15) is 0 Å². The predicted octanol–water partition coefficient (Wildman–Crippen LogP) is 4.78. The van der Waals surface area contributed by atoms with Gasteiger partial charge in [-0.1, -0.05) is 46.8 Å². The van der Waals surface area contributed by atoms with Gasteiger partial charge in [0, 0.05) is 88.8 Å². The molecule has 0 amide bonds. The van der Waals surface area contributed by atoms with Crippen molar-refractivity contribution in [3.05, 3.63) is 46.0 Å². The van der Waals surface area contributed by atoms with Crippen molar-refractivity contribution >= 4 is 23.3 Å². The lowest BCUT2D eigenvalue weighted by Crippen LogP contribution is -2.61. The fourth-order valence-electron chi connectivity index (χ4n) is 19.1. The van der Waals surface area contributed by atoms with Crippen LogP contribution < -0.4 is 10.6 Å². The van der Waals surface area contributed by atoms with Crippen molar-refractivity contribution < 1.29 is 127 Å². The summed E-state index contributed by atoms with van der Waals surface area (Å²) in [4.78, 5) is 44.7. The van der Waals surface area contributed by atoms with Crippen molar-refractivity contribution in [1.29, 1.82) is 0 Å². The Bertz CT molecular complexity index is 3580. The number of aromatic nitrogens is 3. The number of aliphatic hydroxyl groups excluding tert-OH is 6. The van der Waals surface area contributed by atoms with Crippen molar-refractivity contribution in [1.82, 2.24) is 35.0 Å². The highest BCUT2D eigenvalue weighted by atomic mass is 19.1. The summed E-state index contributed by atoms with van der Waals surface area (Å²) >= 11 is 0. The molecule has 6 saturated heterocycles. The van der Waals surface area contributed by atoms with Crippen molar-refractivity contribution in [3.63, 3.8) is 0 Å². The van der Waals surface area contributed by atoms with Gasteiger partial charge >= 0.3 is 11.9 Å². The monoisotopic (exact) mass is 1730 g/mol. The maximum atomic E-state index is 14.5. The quantitative estimate of drug-likeness (QED) is 0.0454. The van der Waals surface area contributed by atoms with Gasteiger partial charge in [-0.05, 0) is 182 Å². The third-order valence-electron chi connectivity index (χ3n) is 26.9. The number of benzene rings is 1. The van der Waals surface area contributed by atoms with E-state index < -0.39 is 215 Å². The number of nitrogens with zero attached hydrogens (tertiary/aromatic N) is 7. The molecule has 698 valence electrons. The van der Waals surface area contributed by atoms with Crippen LogP contribution in [0.25, 0.3) is 0 Å². The Labute approximate surface area is 714 Å². The first kappa shape index (κ1) is 104. The number of esters is 2. The standard InChI is InChI=1S/C48H80FN7O14.C37H70N2O12/c1-14-37-48(10,62)41(58)30(6)54(12)24-26(2)21-46(8,61)43(28(4)40(29(5)44(60)68-37)69-38-22-47(9,65-13)42(59)31(7)67-38)70-45-39(57)36(19-27(3)66-45)53(11)17-18-55-25-32(51-52-55)23-50-35-16-15-33(56(63)64)20-34(35)49;1-14-26-37(10,45)30(41)23(6)39(12)18-19(2)16-35(8,44)32(51-34-28(40)25(38-11)15-20(3)47-34)21(4)29(22(5)33(43)49-26)50-27-17-36(9,46-13)31(42)24(7)48-27/h15-16,20,25-31,36-43,45,50,57-59,61-62H,14,17-19,21-24H2,1-13H3;19-32,34,38,40-42,44-45H,14-18H2,1-13H3/t26-,27-,28+,29-,30-,31+,36+,37-,38+,39-,40+,41-,42+,43-,45+,46-,47-,48-;19-,20-,21+,22-,23-,24+,25+,26-,27+,28-,29+,30-,31+,32-,34+,35-,36-,37-/m11/s1. The van der Waals surface area contributed by atoms with E-state index in [9.17, 15) is 75.2 Å². The van der Waals surface area contributed by atoms with Crippen LogP contribution in [0.2, 0.25) is 0 Å². The van der Waals surface area contributed by atoms with E-state index in [1.165, 1.54) is 40.2 Å². The highest BCUT2D eigenvalue weighted by molar-refractivity contribution is 5.73. The number of likely N-dealkylation sites (N-methyl/N-ethyl adjacent to an activating group) is 4. The second-order valence-corrected chi connectivity index (χ2v) is 37.5. The molecule has 35 nitrogen and oxygen atoms in total. The van der Waals surface area contributed by atoms with Crippen LogP contribution in [0.15, 0.2) is 24.4 Å². The van der Waals surface area contributed by atoms with E-state index in [2.05, 4.69) is 20.9 Å². The molecule has 121 heavy (non-hydrogen) atoms. The van der Waals surface area contributed by atoms with Crippen molar-refractivity contribution in [2.75, 3.05) is 67.4 Å². The van der Waals surface area contributed by atoms with Crippen LogP contribution >= 0.6 is 0 Å². The number of carbonyl (C=O) groups is 2. The number of anilines is 1. The van der Waals surface area contributed by atoms with Gasteiger partial charge in [0.05, 0.1) is 119 Å². The number of methoxy groups -OCH3 is 2. The maximum Gasteiger partial charge on any atom is 0.311 e. The number of cyclic esters (lactones) is 2. The van der Waals surface area contributed by atoms with E-state index in [4.69, 9.17) is 56.8 Å². The normalized spacial score (nSPS) is 44.2. The summed E-state index contributed by atoms with van der Waals surface area (Å²) in [5.74, 6) is -6.26. The lowest BCUT2D eigenvalue weighted by molar-refractivity contribution is -0.385. The smallest absolute Gasteiger partial charge is 0.311 e. The first-order valence-corrected chi connectivity index (χ1v) is 43.2. The summed E-state index contributed by atoms with van der Waals surface area (Å²) in [6.07, 6.45) is -16.1. The van der Waals surface area contributed by atoms with Crippen LogP contribution in [0.1, 0.15) is 196 Å². The van der Waals surface area contributed by atoms with E-state index >= 15 is 0 Å². The molecule has 12 N–H and O–H groups in total. The molecule has 1 aromatic heterocycles. The molecule has 8 rings (SSSR count). The number of hydrogen-bond donors (Lipinski definition) is 12. The van der Waals surface area contributed by atoms with Gasteiger partial charge in [-0.3, -0.25) is 29.3 Å². The van der Waals surface area contributed by atoms with Crippen LogP contribution in [0, 0.1) is 51.4 Å². The molecule has 7 heterocycles. The Hall–Kier alpha value is -4.53. The lowest BCUT2D eigenvalue weighted by Gasteiger charge is -2.49. The zero-order valence-corrected chi connectivity index (χ0v) is 76.3. The molecular formula is C85H150FN9O26. The highest BCUT2D eigenvalue weighted by Crippen LogP contribution is 2.44. The number of aliphatic hydroxyl groups is 10. The second-order valence-electron chi connectivity index (χ2n) is 37.5. The molecule has 0 spiro atoms. The number of carbonyl (C=O) groups excluding carboxylic acids is 2. The minimum absolute atomic E-state index is 0.0760. The molecule has 0 radical (unpaired) electrons. The van der Waals surface area contributed by atoms with Crippen LogP contribution in [-0.2, 0) is 79.5 Å². The van der Waals surface area contributed by atoms with E-state index in [-0.39, 0.29) is 80.4 Å². The fourth-order valence-corrected chi connectivity index (χ4v) is 19.1. The van der Waals surface area contributed by atoms with Gasteiger partial charge in [-0.25, -0.2) is 4.39 Å². The van der Waals surface area contributed by atoms with Crippen molar-refractivity contribution in [3.8, 4) is 0 Å². The van der Waals surface area contributed by atoms with Crippen LogP contribution in [0.3, 0.4) is 0 Å². The van der Waals surface area contributed by atoms with Crippen molar-refractivity contribution in [2.24, 2.45) is 35.5 Å². The number of rotatable bonds is 21. The van der Waals surface area contributed by atoms with E-state index in [1.54, 1.807) is 108 Å². The first-order valence-electron chi connectivity index (χ1n) is 43.2. The summed E-state index contributed by atoms with van der Waals surface area (Å²) in [7, 11) is 10.3. The molecule has 36 atom stereocenters. The predicted molar refractivity (Wildman–Crippen MR) is 443 cm³/mol. The Morgan fingerprint density at radius 3 is 1.46 bits per heavy atom. The summed E-state index contributed by atoms with van der Waals surface area (Å²) in [5, 5.41) is 143. The van der Waals surface area contributed by atoms with Gasteiger partial charge in [-0.15, -0.1) is 5.10 Å². The lowest BCUT2D eigenvalue weighted by atomic mass is 9.77. The number of hydrogen-bond acceptors (Lipinski definition) is 33. The minimum Gasteiger partial charge on any atom is -0.459 e. The maximum absolute atomic E-state index is 14.5. The number of nitro groups is 1. The number of nitrogens with one attached hydrogen (secondary N) is 2. The number of nitro benzene ring substituents is 1. The SMILES string of the molecule is CC[C@H]1OC(=O)[C@H](C)[C@@H](O[C@H]2C[C@@](C)(OC)[C@@H](O)[C@H](C)O2)[C@H](C)[C@@H](O[C@@H]2O[C@H](C)C[C@H](N(C)CCn3cc(CNc4ccc([N+](=O)[O-])cc4F)nn3)[C@H]2O)[C@](C)(O)C[C@@H](C)CN(C)[C@H](C)[C@@H](O)[C@]1(C)O.CC[C@H]1OC(=O)[C@H](C)[C@@H](O[C@H]2C[C@@](C)(OC)[C@@H](O)[C@H](C)O2)[C@H](C)[C@@H](O[C@@H]2O[C@H](C)C[C@H](NC)[C@H]2O)[C@](C)(O)C[C@@H](C)CN(C)[C@H](C)[C@@H](O)[C@]1(C)O. The van der Waals surface area contributed by atoms with Crippen LogP contribution in [0.4, 0.5) is 15.8 Å². The third-order valence-corrected chi connectivity index (χ3v) is 26.9. The Morgan fingerprint density at radius 2 is 1.06 bits per heavy atom. The molecule has 2 aromatic rings. The summed E-state index contributed by atoms with van der Waals surface area (Å²) < 4.78 is 91.5. The van der Waals surface area contributed by atoms with Crippen LogP contribution in [-0.4, -0.2) is 340 Å². The Balaban J connectivity index is 0.000000351. The molecular weight excluding hydrogens is 1580 g/mol. The first-order chi connectivity index (χ1) is 56.2. The Kier molecular flexibility index (Phi) is 36.8. The zero-order chi connectivity index (χ0) is 91.0. The average molecular weight is 1730 g/mol. The number of non-ortho nitro benzene ring substituents is 1. The van der Waals surface area contributed by atoms with Crippen molar-refractivity contribution in [2.45, 2.75) is 384 Å². The molecule has 6 aliphatic rings. The molecule has 1 aromatic carbocycles. The van der Waals surface area contributed by atoms with Gasteiger partial charge in [0.15, 0.2) is 31.0 Å². The molecule has 36 heteroatoms. The molecule has 0 aliphatic carbocycles. The van der Waals surface area contributed by atoms with Gasteiger partial charge in [0.1, 0.15) is 65.7 Å².